The second-order valence-electron chi connectivity index (χ2n) is 3.95. The molecular weight excluding hydrogens is 378 g/mol. The van der Waals surface area contributed by atoms with Crippen LogP contribution in [0.2, 0.25) is 0 Å². The van der Waals surface area contributed by atoms with Gasteiger partial charge in [0.05, 0.1) is 20.0 Å². The lowest BCUT2D eigenvalue weighted by atomic mass is 10.3. The normalized spacial score (nSPS) is 10.7. The fourth-order valence-electron chi connectivity index (χ4n) is 1.67. The first kappa shape index (κ1) is 14.1. The summed E-state index contributed by atoms with van der Waals surface area (Å²) in [6.45, 7) is 0. The summed E-state index contributed by atoms with van der Waals surface area (Å²) in [6, 6.07) is 8.41. The van der Waals surface area contributed by atoms with Crippen molar-refractivity contribution in [3.8, 4) is 0 Å². The fraction of sp³-hybridized carbons (Fsp3) is 0. The SMILES string of the molecule is O=C(Nc1nc2c(Br)cccc2s1)c1ccc([N+](=O)[O-])s1. The molecule has 0 fully saturated rings. The molecule has 2 heterocycles. The number of hydrogen-bond acceptors (Lipinski definition) is 6. The average molecular weight is 384 g/mol. The van der Waals surface area contributed by atoms with Crippen LogP contribution in [0.5, 0.6) is 0 Å². The van der Waals surface area contributed by atoms with Crippen LogP contribution in [0.4, 0.5) is 10.1 Å². The van der Waals surface area contributed by atoms with Crippen LogP contribution in [-0.2, 0) is 0 Å². The van der Waals surface area contributed by atoms with Crippen LogP contribution in [0, 0.1) is 10.1 Å². The van der Waals surface area contributed by atoms with Gasteiger partial charge in [0.1, 0.15) is 0 Å². The van der Waals surface area contributed by atoms with E-state index in [0.29, 0.717) is 5.13 Å². The largest absolute Gasteiger partial charge is 0.324 e. The number of benzene rings is 1. The third-order valence-electron chi connectivity index (χ3n) is 2.59. The number of aromatic nitrogens is 1. The van der Waals surface area contributed by atoms with Crippen molar-refractivity contribution >= 4 is 64.9 Å². The summed E-state index contributed by atoms with van der Waals surface area (Å²) < 4.78 is 1.79. The quantitative estimate of drug-likeness (QED) is 0.540. The molecule has 0 aliphatic rings. The Morgan fingerprint density at radius 1 is 1.29 bits per heavy atom. The van der Waals surface area contributed by atoms with E-state index >= 15 is 0 Å². The van der Waals surface area contributed by atoms with Gasteiger partial charge in [-0.05, 0) is 34.1 Å². The summed E-state index contributed by atoms with van der Waals surface area (Å²) >= 11 is 5.58. The van der Waals surface area contributed by atoms with Crippen LogP contribution in [0.1, 0.15) is 9.67 Å². The minimum Gasteiger partial charge on any atom is -0.297 e. The number of thiazole rings is 1. The summed E-state index contributed by atoms with van der Waals surface area (Å²) in [7, 11) is 0. The van der Waals surface area contributed by atoms with E-state index < -0.39 is 10.8 Å². The second-order valence-corrected chi connectivity index (χ2v) is 6.90. The van der Waals surface area contributed by atoms with Gasteiger partial charge in [-0.25, -0.2) is 4.98 Å². The van der Waals surface area contributed by atoms with Gasteiger partial charge >= 0.3 is 5.00 Å². The van der Waals surface area contributed by atoms with Crippen molar-refractivity contribution in [1.82, 2.24) is 4.98 Å². The second kappa shape index (κ2) is 5.51. The van der Waals surface area contributed by atoms with Gasteiger partial charge in [-0.2, -0.15) is 0 Å². The van der Waals surface area contributed by atoms with Crippen LogP contribution in [0.25, 0.3) is 10.2 Å². The molecule has 0 atom stereocenters. The number of carbonyl (C=O) groups is 1. The molecule has 0 spiro atoms. The van der Waals surface area contributed by atoms with Gasteiger partial charge in [-0.3, -0.25) is 20.2 Å². The van der Waals surface area contributed by atoms with E-state index in [1.807, 2.05) is 18.2 Å². The highest BCUT2D eigenvalue weighted by molar-refractivity contribution is 9.10. The molecule has 1 N–H and O–H groups in total. The van der Waals surface area contributed by atoms with Crippen LogP contribution in [0.3, 0.4) is 0 Å². The van der Waals surface area contributed by atoms with Gasteiger partial charge in [-0.1, -0.05) is 28.7 Å². The smallest absolute Gasteiger partial charge is 0.297 e. The number of rotatable bonds is 3. The summed E-state index contributed by atoms with van der Waals surface area (Å²) in [4.78, 5) is 26.8. The van der Waals surface area contributed by atoms with Gasteiger partial charge < -0.3 is 0 Å². The fourth-order valence-corrected chi connectivity index (χ4v) is 3.86. The van der Waals surface area contributed by atoms with E-state index in [-0.39, 0.29) is 9.88 Å². The van der Waals surface area contributed by atoms with Gasteiger partial charge in [0.2, 0.25) is 0 Å². The lowest BCUT2D eigenvalue weighted by Gasteiger charge is -1.96. The molecule has 2 aromatic heterocycles. The maximum atomic E-state index is 12.0. The predicted octanol–water partition coefficient (Wildman–Crippen LogP) is 4.28. The highest BCUT2D eigenvalue weighted by Crippen LogP contribution is 2.31. The minimum absolute atomic E-state index is 0.0628. The highest BCUT2D eigenvalue weighted by Gasteiger charge is 2.17. The molecule has 3 rings (SSSR count). The molecule has 9 heteroatoms. The molecule has 1 aromatic carbocycles. The van der Waals surface area contributed by atoms with Crippen molar-refractivity contribution in [2.75, 3.05) is 5.32 Å². The topological polar surface area (TPSA) is 85.1 Å². The number of amides is 1. The van der Waals surface area contributed by atoms with Crippen LogP contribution < -0.4 is 5.32 Å². The number of carbonyl (C=O) groups excluding carboxylic acids is 1. The molecule has 0 bridgehead atoms. The van der Waals surface area contributed by atoms with Crippen molar-refractivity contribution in [1.29, 1.82) is 0 Å². The Balaban J connectivity index is 1.85. The van der Waals surface area contributed by atoms with E-state index in [1.54, 1.807) is 0 Å². The van der Waals surface area contributed by atoms with Crippen LogP contribution in [0.15, 0.2) is 34.8 Å². The van der Waals surface area contributed by atoms with Crippen molar-refractivity contribution in [3.05, 3.63) is 49.8 Å². The van der Waals surface area contributed by atoms with Crippen molar-refractivity contribution in [3.63, 3.8) is 0 Å². The maximum absolute atomic E-state index is 12.0. The molecule has 0 unspecified atom stereocenters. The Morgan fingerprint density at radius 3 is 2.76 bits per heavy atom. The van der Waals surface area contributed by atoms with E-state index in [2.05, 4.69) is 26.2 Å². The van der Waals surface area contributed by atoms with E-state index in [4.69, 9.17) is 0 Å². The molecule has 3 aromatic rings. The third kappa shape index (κ3) is 2.80. The Bertz CT molecular complexity index is 858. The highest BCUT2D eigenvalue weighted by atomic mass is 79.9. The van der Waals surface area contributed by atoms with E-state index in [0.717, 1.165) is 26.0 Å². The lowest BCUT2D eigenvalue weighted by Crippen LogP contribution is -2.09. The van der Waals surface area contributed by atoms with E-state index in [9.17, 15) is 14.9 Å². The Kier molecular flexibility index (Phi) is 3.70. The molecule has 1 amide bonds. The third-order valence-corrected chi connectivity index (χ3v) is 5.20. The number of nitro groups is 1. The molecule has 21 heavy (non-hydrogen) atoms. The first-order chi connectivity index (χ1) is 10.0. The zero-order chi connectivity index (χ0) is 15.0. The first-order valence-electron chi connectivity index (χ1n) is 5.65. The summed E-state index contributed by atoms with van der Waals surface area (Å²) in [5, 5.41) is 13.7. The zero-order valence-electron chi connectivity index (χ0n) is 10.2. The van der Waals surface area contributed by atoms with Gasteiger partial charge in [0.25, 0.3) is 5.91 Å². The standard InChI is InChI=1S/C12H6BrN3O3S2/c13-6-2-1-3-7-10(6)14-12(21-7)15-11(17)8-4-5-9(20-8)16(18)19/h1-5H,(H,14,15,17). The summed E-state index contributed by atoms with van der Waals surface area (Å²) in [5.74, 6) is -0.400. The predicted molar refractivity (Wildman–Crippen MR) is 86.2 cm³/mol. The van der Waals surface area contributed by atoms with Crippen molar-refractivity contribution < 1.29 is 9.72 Å². The number of nitrogens with one attached hydrogen (secondary N) is 1. The number of thiophene rings is 1. The molecule has 6 nitrogen and oxygen atoms in total. The molecule has 106 valence electrons. The Hall–Kier alpha value is -1.84. The summed E-state index contributed by atoms with van der Waals surface area (Å²) in [5.41, 5.74) is 0.773. The number of anilines is 1. The Morgan fingerprint density at radius 2 is 2.10 bits per heavy atom. The molecule has 0 saturated heterocycles. The molecule has 0 radical (unpaired) electrons. The zero-order valence-corrected chi connectivity index (χ0v) is 13.4. The van der Waals surface area contributed by atoms with Gasteiger partial charge in [-0.15, -0.1) is 0 Å². The van der Waals surface area contributed by atoms with Gasteiger partial charge in [0.15, 0.2) is 5.13 Å². The maximum Gasteiger partial charge on any atom is 0.324 e. The van der Waals surface area contributed by atoms with Crippen LogP contribution >= 0.6 is 38.6 Å². The average Bonchev–Trinajstić information content (AvgIpc) is 3.05. The van der Waals surface area contributed by atoms with Gasteiger partial charge in [0, 0.05) is 10.5 Å². The number of halogens is 1. The summed E-state index contributed by atoms with van der Waals surface area (Å²) in [6.07, 6.45) is 0. The minimum atomic E-state index is -0.518. The van der Waals surface area contributed by atoms with Crippen molar-refractivity contribution in [2.45, 2.75) is 0 Å². The van der Waals surface area contributed by atoms with Crippen LogP contribution in [-0.4, -0.2) is 15.8 Å². The Labute approximate surface area is 134 Å². The number of nitrogens with zero attached hydrogens (tertiary/aromatic N) is 2. The number of hydrogen-bond donors (Lipinski definition) is 1. The van der Waals surface area contributed by atoms with E-state index in [1.165, 1.54) is 23.5 Å². The number of fused-ring (bicyclic) bond motifs is 1. The molecule has 0 aliphatic heterocycles. The number of para-hydroxylation sites is 1. The molecular formula is C12H6BrN3O3S2. The molecule has 0 saturated carbocycles. The lowest BCUT2D eigenvalue weighted by molar-refractivity contribution is -0.380. The monoisotopic (exact) mass is 383 g/mol. The molecule has 0 aliphatic carbocycles. The first-order valence-corrected chi connectivity index (χ1v) is 8.08. The van der Waals surface area contributed by atoms with Crippen molar-refractivity contribution in [2.24, 2.45) is 0 Å².